The van der Waals surface area contributed by atoms with Crippen molar-refractivity contribution in [3.05, 3.63) is 34.1 Å². The van der Waals surface area contributed by atoms with Gasteiger partial charge in [-0.25, -0.2) is 4.39 Å². The van der Waals surface area contributed by atoms with E-state index in [1.807, 2.05) is 0 Å². The second kappa shape index (κ2) is 3.65. The molecule has 1 aromatic rings. The van der Waals surface area contributed by atoms with Crippen molar-refractivity contribution in [3.8, 4) is 0 Å². The first kappa shape index (κ1) is 11.2. The van der Waals surface area contributed by atoms with E-state index >= 15 is 0 Å². The van der Waals surface area contributed by atoms with Gasteiger partial charge in [-0.05, 0) is 37.1 Å². The van der Waals surface area contributed by atoms with Crippen LogP contribution in [-0.2, 0) is 5.75 Å². The van der Waals surface area contributed by atoms with E-state index in [1.54, 1.807) is 11.8 Å². The summed E-state index contributed by atoms with van der Waals surface area (Å²) in [5, 5.41) is 0.489. The molecule has 1 aliphatic heterocycles. The van der Waals surface area contributed by atoms with Gasteiger partial charge in [-0.15, -0.1) is 11.8 Å². The molecule has 0 radical (unpaired) electrons. The van der Waals surface area contributed by atoms with Gasteiger partial charge >= 0.3 is 0 Å². The summed E-state index contributed by atoms with van der Waals surface area (Å²) >= 11 is 7.76. The smallest absolute Gasteiger partial charge is 0.125 e. The molecule has 0 aromatic heterocycles. The normalized spacial score (nSPS) is 23.7. The molecule has 1 heterocycles. The van der Waals surface area contributed by atoms with Gasteiger partial charge in [-0.2, -0.15) is 0 Å². The molecule has 2 N–H and O–H groups in total. The van der Waals surface area contributed by atoms with Crippen LogP contribution in [0, 0.1) is 5.82 Å². The van der Waals surface area contributed by atoms with Gasteiger partial charge in [-0.1, -0.05) is 11.6 Å². The van der Waals surface area contributed by atoms with Crippen molar-refractivity contribution in [3.63, 3.8) is 0 Å². The van der Waals surface area contributed by atoms with E-state index in [-0.39, 0.29) is 16.6 Å². The Morgan fingerprint density at radius 3 is 2.87 bits per heavy atom. The number of thioether (sulfide) groups is 1. The number of halogens is 2. The van der Waals surface area contributed by atoms with Crippen molar-refractivity contribution in [1.82, 2.24) is 0 Å². The van der Waals surface area contributed by atoms with Gasteiger partial charge in [-0.3, -0.25) is 0 Å². The van der Waals surface area contributed by atoms with Gasteiger partial charge in [0.05, 0.1) is 0 Å². The van der Waals surface area contributed by atoms with Crippen molar-refractivity contribution in [2.24, 2.45) is 5.73 Å². The van der Waals surface area contributed by atoms with Crippen LogP contribution in [0.1, 0.15) is 31.0 Å². The summed E-state index contributed by atoms with van der Waals surface area (Å²) in [6.07, 6.45) is 0. The Morgan fingerprint density at radius 2 is 2.20 bits per heavy atom. The van der Waals surface area contributed by atoms with Crippen LogP contribution in [0.3, 0.4) is 0 Å². The fraction of sp³-hybridized carbons (Fsp3) is 0.455. The molecule has 2 rings (SSSR count). The highest BCUT2D eigenvalue weighted by atomic mass is 35.5. The average molecular weight is 246 g/mol. The Kier molecular flexibility index (Phi) is 2.73. The van der Waals surface area contributed by atoms with E-state index in [4.69, 9.17) is 17.3 Å². The summed E-state index contributed by atoms with van der Waals surface area (Å²) in [5.41, 5.74) is 7.95. The number of hydrogen-bond donors (Lipinski definition) is 1. The van der Waals surface area contributed by atoms with Crippen LogP contribution >= 0.6 is 23.4 Å². The summed E-state index contributed by atoms with van der Waals surface area (Å²) in [6.45, 7) is 4.15. The summed E-state index contributed by atoms with van der Waals surface area (Å²) in [6, 6.07) is 2.69. The van der Waals surface area contributed by atoms with Crippen LogP contribution in [0.4, 0.5) is 4.39 Å². The largest absolute Gasteiger partial charge is 0.323 e. The van der Waals surface area contributed by atoms with E-state index < -0.39 is 0 Å². The minimum absolute atomic E-state index is 0.0654. The molecule has 0 amide bonds. The predicted octanol–water partition coefficient (Wildman–Crippen LogP) is 3.50. The fourth-order valence-corrected chi connectivity index (χ4v) is 3.28. The topological polar surface area (TPSA) is 26.0 Å². The first-order chi connectivity index (χ1) is 6.92. The molecule has 0 bridgehead atoms. The quantitative estimate of drug-likeness (QED) is 0.757. The van der Waals surface area contributed by atoms with Gasteiger partial charge in [0, 0.05) is 21.6 Å². The van der Waals surface area contributed by atoms with Crippen molar-refractivity contribution in [2.75, 3.05) is 0 Å². The van der Waals surface area contributed by atoms with E-state index in [1.165, 1.54) is 12.1 Å². The first-order valence-electron chi connectivity index (χ1n) is 4.79. The number of hydrogen-bond acceptors (Lipinski definition) is 2. The minimum Gasteiger partial charge on any atom is -0.323 e. The maximum Gasteiger partial charge on any atom is 0.125 e. The highest BCUT2D eigenvalue weighted by Crippen LogP contribution is 2.46. The molecule has 1 unspecified atom stereocenters. The molecule has 1 aliphatic rings. The molecule has 0 saturated carbocycles. The van der Waals surface area contributed by atoms with Crippen molar-refractivity contribution in [1.29, 1.82) is 0 Å². The first-order valence-corrected chi connectivity index (χ1v) is 6.15. The minimum atomic E-state index is -0.308. The van der Waals surface area contributed by atoms with Crippen LogP contribution in [0.2, 0.25) is 5.02 Å². The molecule has 0 saturated heterocycles. The zero-order chi connectivity index (χ0) is 11.2. The molecule has 0 fully saturated rings. The molecule has 1 aromatic carbocycles. The molecule has 0 aliphatic carbocycles. The van der Waals surface area contributed by atoms with Crippen LogP contribution in [0.5, 0.6) is 0 Å². The zero-order valence-electron chi connectivity index (χ0n) is 8.68. The lowest BCUT2D eigenvalue weighted by Crippen LogP contribution is -2.36. The third kappa shape index (κ3) is 1.88. The van der Waals surface area contributed by atoms with Gasteiger partial charge < -0.3 is 5.73 Å². The van der Waals surface area contributed by atoms with Gasteiger partial charge in [0.25, 0.3) is 0 Å². The molecule has 1 atom stereocenters. The number of fused-ring (bicyclic) bond motifs is 1. The highest BCUT2D eigenvalue weighted by molar-refractivity contribution is 8.00. The summed E-state index contributed by atoms with van der Waals surface area (Å²) < 4.78 is 13.2. The summed E-state index contributed by atoms with van der Waals surface area (Å²) in [4.78, 5) is 0. The van der Waals surface area contributed by atoms with Crippen molar-refractivity contribution >= 4 is 23.4 Å². The Bertz CT molecular complexity index is 406. The Hall–Kier alpha value is -0.250. The molecule has 1 nitrogen and oxygen atoms in total. The maximum absolute atomic E-state index is 13.2. The maximum atomic E-state index is 13.2. The number of benzene rings is 1. The summed E-state index contributed by atoms with van der Waals surface area (Å²) in [5.74, 6) is 0.492. The van der Waals surface area contributed by atoms with Crippen LogP contribution < -0.4 is 5.73 Å². The SMILES string of the molecule is CC1(C)SCc2c(Cl)cc(F)cc2C1N. The van der Waals surface area contributed by atoms with E-state index in [0.717, 1.165) is 16.9 Å². The monoisotopic (exact) mass is 245 g/mol. The van der Waals surface area contributed by atoms with Crippen LogP contribution in [0.15, 0.2) is 12.1 Å². The molecule has 15 heavy (non-hydrogen) atoms. The Balaban J connectivity index is 2.56. The zero-order valence-corrected chi connectivity index (χ0v) is 10.3. The average Bonchev–Trinajstić information content (AvgIpc) is 2.12. The lowest BCUT2D eigenvalue weighted by atomic mass is 9.92. The lowest BCUT2D eigenvalue weighted by Gasteiger charge is -2.37. The second-order valence-electron chi connectivity index (χ2n) is 4.33. The molecular formula is C11H13ClFNS. The number of rotatable bonds is 0. The van der Waals surface area contributed by atoms with Gasteiger partial charge in [0.1, 0.15) is 5.82 Å². The van der Waals surface area contributed by atoms with Crippen LogP contribution in [-0.4, -0.2) is 4.75 Å². The highest BCUT2D eigenvalue weighted by Gasteiger charge is 2.35. The van der Waals surface area contributed by atoms with Crippen molar-refractivity contribution < 1.29 is 4.39 Å². The Labute approximate surface area is 98.2 Å². The van der Waals surface area contributed by atoms with Gasteiger partial charge in [0.2, 0.25) is 0 Å². The second-order valence-corrected chi connectivity index (χ2v) is 6.36. The van der Waals surface area contributed by atoms with Crippen molar-refractivity contribution in [2.45, 2.75) is 30.4 Å². The van der Waals surface area contributed by atoms with Gasteiger partial charge in [0.15, 0.2) is 0 Å². The van der Waals surface area contributed by atoms with Crippen LogP contribution in [0.25, 0.3) is 0 Å². The lowest BCUT2D eigenvalue weighted by molar-refractivity contribution is 0.544. The van der Waals surface area contributed by atoms with E-state index in [9.17, 15) is 4.39 Å². The fourth-order valence-electron chi connectivity index (χ4n) is 1.78. The molecule has 82 valence electrons. The molecular weight excluding hydrogens is 233 g/mol. The number of nitrogens with two attached hydrogens (primary N) is 1. The predicted molar refractivity (Wildman–Crippen MR) is 63.7 cm³/mol. The van der Waals surface area contributed by atoms with E-state index in [0.29, 0.717) is 5.02 Å². The third-order valence-electron chi connectivity index (χ3n) is 2.87. The summed E-state index contributed by atoms with van der Waals surface area (Å²) in [7, 11) is 0. The third-order valence-corrected chi connectivity index (χ3v) is 4.64. The Morgan fingerprint density at radius 1 is 1.53 bits per heavy atom. The molecule has 4 heteroatoms. The standard InChI is InChI=1S/C11H13ClFNS/c1-11(2)10(14)7-3-6(13)4-9(12)8(7)5-15-11/h3-4,10H,5,14H2,1-2H3. The van der Waals surface area contributed by atoms with E-state index in [2.05, 4.69) is 13.8 Å². The molecule has 0 spiro atoms.